The highest BCUT2D eigenvalue weighted by molar-refractivity contribution is 7.91. The molecule has 0 unspecified atom stereocenters. The van der Waals surface area contributed by atoms with E-state index in [0.717, 1.165) is 21.2 Å². The van der Waals surface area contributed by atoms with Crippen LogP contribution in [0.2, 0.25) is 0 Å². The lowest BCUT2D eigenvalue weighted by molar-refractivity contribution is 0.590. The highest BCUT2D eigenvalue weighted by Gasteiger charge is 2.24. The number of hydrogen-bond donors (Lipinski definition) is 0. The molecular formula is C52H56N2OS. The average Bonchev–Trinajstić information content (AvgIpc) is 3.64. The normalized spacial score (nSPS) is 13.2. The molecule has 0 spiro atoms. The molecule has 0 aliphatic carbocycles. The van der Waals surface area contributed by atoms with Crippen molar-refractivity contribution in [3.63, 3.8) is 0 Å². The lowest BCUT2D eigenvalue weighted by atomic mass is 9.85. The van der Waals surface area contributed by atoms with Crippen LogP contribution in [0.25, 0.3) is 55.0 Å². The number of benzene rings is 6. The van der Waals surface area contributed by atoms with E-state index in [9.17, 15) is 4.55 Å². The van der Waals surface area contributed by atoms with Crippen molar-refractivity contribution >= 4 is 54.8 Å². The molecule has 8 aromatic rings. The third-order valence-corrected chi connectivity index (χ3v) is 13.0. The SMILES string of the molecule is CC(C)(C)c1ccc2c(c1)c1cc(C(C)(C)C)ccc1n2-c1ccc([S+]([O-])c2ccc(-n3c4ccc(C(C)(C)C)cc4c4cc(C(C)(C)C)ccc43)cc2)cc1. The Hall–Kier alpha value is -4.77. The van der Waals surface area contributed by atoms with E-state index < -0.39 is 11.2 Å². The van der Waals surface area contributed by atoms with Gasteiger partial charge in [-0.25, -0.2) is 0 Å². The molecular weight excluding hydrogens is 701 g/mol. The number of rotatable bonds is 4. The van der Waals surface area contributed by atoms with Crippen molar-refractivity contribution < 1.29 is 4.55 Å². The van der Waals surface area contributed by atoms with Crippen molar-refractivity contribution in [2.75, 3.05) is 0 Å². The van der Waals surface area contributed by atoms with Gasteiger partial charge >= 0.3 is 0 Å². The summed E-state index contributed by atoms with van der Waals surface area (Å²) in [6.45, 7) is 27.3. The molecule has 6 aromatic carbocycles. The second-order valence-electron chi connectivity index (χ2n) is 19.9. The number of hydrogen-bond acceptors (Lipinski definition) is 1. The molecule has 0 atom stereocenters. The van der Waals surface area contributed by atoms with E-state index >= 15 is 0 Å². The second-order valence-corrected chi connectivity index (χ2v) is 21.3. The standard InChI is InChI=1S/C52H56N2OS/c1-49(2,3)33-13-25-45-41(29-33)42-30-34(50(4,5)6)14-26-46(42)53(45)37-17-21-39(22-18-37)56(55)40-23-19-38(20-24-40)54-47-27-15-35(51(7,8)9)31-43(47)44-32-36(52(10,11)12)16-28-48(44)54/h13-32H,1-12H3. The zero-order valence-corrected chi connectivity index (χ0v) is 36.1. The molecule has 0 aliphatic heterocycles. The fraction of sp³-hybridized carbons (Fsp3) is 0.308. The minimum Gasteiger partial charge on any atom is -0.606 e. The third-order valence-electron chi connectivity index (χ3n) is 11.6. The van der Waals surface area contributed by atoms with E-state index in [0.29, 0.717) is 0 Å². The summed E-state index contributed by atoms with van der Waals surface area (Å²) in [5.41, 5.74) is 12.3. The summed E-state index contributed by atoms with van der Waals surface area (Å²) < 4.78 is 18.8. The number of fused-ring (bicyclic) bond motifs is 6. The molecule has 0 radical (unpaired) electrons. The van der Waals surface area contributed by atoms with Gasteiger partial charge in [0.1, 0.15) is 0 Å². The van der Waals surface area contributed by atoms with Crippen molar-refractivity contribution in [2.24, 2.45) is 0 Å². The Morgan fingerprint density at radius 3 is 0.786 bits per heavy atom. The third kappa shape index (κ3) is 6.65. The Bertz CT molecular complexity index is 2430. The summed E-state index contributed by atoms with van der Waals surface area (Å²) in [6.07, 6.45) is 0. The van der Waals surface area contributed by atoms with Gasteiger partial charge in [-0.05, 0) is 141 Å². The molecule has 2 aromatic heterocycles. The van der Waals surface area contributed by atoms with Gasteiger partial charge < -0.3 is 13.7 Å². The first-order valence-electron chi connectivity index (χ1n) is 20.0. The highest BCUT2D eigenvalue weighted by atomic mass is 32.2. The van der Waals surface area contributed by atoms with Gasteiger partial charge in [-0.1, -0.05) is 107 Å². The predicted molar refractivity (Wildman–Crippen MR) is 241 cm³/mol. The van der Waals surface area contributed by atoms with Crippen molar-refractivity contribution in [2.45, 2.75) is 115 Å². The van der Waals surface area contributed by atoms with Crippen LogP contribution in [0.15, 0.2) is 131 Å². The molecule has 8 rings (SSSR count). The molecule has 0 saturated carbocycles. The van der Waals surface area contributed by atoms with E-state index in [1.807, 2.05) is 24.3 Å². The van der Waals surface area contributed by atoms with E-state index in [4.69, 9.17) is 0 Å². The summed E-state index contributed by atoms with van der Waals surface area (Å²) in [6, 6.07) is 44.2. The lowest BCUT2D eigenvalue weighted by Gasteiger charge is -2.19. The van der Waals surface area contributed by atoms with Crippen LogP contribution in [-0.2, 0) is 32.8 Å². The Morgan fingerprint density at radius 1 is 0.339 bits per heavy atom. The van der Waals surface area contributed by atoms with Gasteiger partial charge in [-0.15, -0.1) is 0 Å². The van der Waals surface area contributed by atoms with E-state index in [1.165, 1.54) is 65.9 Å². The summed E-state index contributed by atoms with van der Waals surface area (Å²) in [5.74, 6) is 0. The maximum absolute atomic E-state index is 14.1. The fourth-order valence-electron chi connectivity index (χ4n) is 8.04. The second kappa shape index (κ2) is 13.1. The van der Waals surface area contributed by atoms with E-state index in [-0.39, 0.29) is 21.7 Å². The molecule has 0 N–H and O–H groups in total. The first-order valence-corrected chi connectivity index (χ1v) is 21.2. The summed E-state index contributed by atoms with van der Waals surface area (Å²) in [5, 5.41) is 5.05. The predicted octanol–water partition coefficient (Wildman–Crippen LogP) is 14.2. The van der Waals surface area contributed by atoms with Gasteiger partial charge in [0.05, 0.1) is 22.1 Å². The average molecular weight is 757 g/mol. The Morgan fingerprint density at radius 2 is 0.571 bits per heavy atom. The summed E-state index contributed by atoms with van der Waals surface area (Å²) >= 11 is -1.34. The minimum atomic E-state index is -1.34. The minimum absolute atomic E-state index is 0.0456. The maximum atomic E-state index is 14.1. The quantitative estimate of drug-likeness (QED) is 0.165. The largest absolute Gasteiger partial charge is 0.606 e. The molecule has 4 heteroatoms. The van der Waals surface area contributed by atoms with Gasteiger partial charge in [0.2, 0.25) is 0 Å². The van der Waals surface area contributed by atoms with Gasteiger partial charge in [0.15, 0.2) is 9.79 Å². The molecule has 56 heavy (non-hydrogen) atoms. The molecule has 0 aliphatic rings. The Kier molecular flexibility index (Phi) is 8.95. The van der Waals surface area contributed by atoms with E-state index in [1.54, 1.807) is 0 Å². The van der Waals surface area contributed by atoms with Crippen LogP contribution in [0.5, 0.6) is 0 Å². The molecule has 0 fully saturated rings. The first-order chi connectivity index (χ1) is 26.2. The van der Waals surface area contributed by atoms with Crippen LogP contribution in [0.3, 0.4) is 0 Å². The zero-order valence-electron chi connectivity index (χ0n) is 35.3. The number of nitrogens with zero attached hydrogens (tertiary/aromatic N) is 2. The molecule has 2 heterocycles. The first kappa shape index (κ1) is 38.1. The van der Waals surface area contributed by atoms with Gasteiger partial charge in [0.25, 0.3) is 0 Å². The molecule has 0 bridgehead atoms. The fourth-order valence-corrected chi connectivity index (χ4v) is 9.08. The zero-order chi connectivity index (χ0) is 40.1. The van der Waals surface area contributed by atoms with Gasteiger partial charge in [0, 0.05) is 44.1 Å². The summed E-state index contributed by atoms with van der Waals surface area (Å²) in [4.78, 5) is 1.57. The van der Waals surface area contributed by atoms with Crippen molar-refractivity contribution in [3.8, 4) is 11.4 Å². The molecule has 0 saturated heterocycles. The molecule has 286 valence electrons. The molecule has 3 nitrogen and oxygen atoms in total. The van der Waals surface area contributed by atoms with Crippen molar-refractivity contribution in [3.05, 3.63) is 144 Å². The van der Waals surface area contributed by atoms with Crippen molar-refractivity contribution in [1.82, 2.24) is 9.13 Å². The highest BCUT2D eigenvalue weighted by Crippen LogP contribution is 2.40. The van der Waals surface area contributed by atoms with Crippen LogP contribution in [0, 0.1) is 0 Å². The summed E-state index contributed by atoms with van der Waals surface area (Å²) in [7, 11) is 0. The van der Waals surface area contributed by atoms with E-state index in [2.05, 4.69) is 189 Å². The topological polar surface area (TPSA) is 32.9 Å². The number of aromatic nitrogens is 2. The maximum Gasteiger partial charge on any atom is 0.158 e. The van der Waals surface area contributed by atoms with Crippen LogP contribution in [-0.4, -0.2) is 13.7 Å². The van der Waals surface area contributed by atoms with Crippen molar-refractivity contribution in [1.29, 1.82) is 0 Å². The monoisotopic (exact) mass is 756 g/mol. The van der Waals surface area contributed by atoms with Crippen LogP contribution in [0.1, 0.15) is 105 Å². The van der Waals surface area contributed by atoms with Crippen LogP contribution >= 0.6 is 0 Å². The Labute approximate surface area is 336 Å². The van der Waals surface area contributed by atoms with Gasteiger partial charge in [-0.3, -0.25) is 0 Å². The molecule has 0 amide bonds. The lowest BCUT2D eigenvalue weighted by Crippen LogP contribution is -2.10. The van der Waals surface area contributed by atoms with Crippen LogP contribution < -0.4 is 0 Å². The Balaban J connectivity index is 1.16. The van der Waals surface area contributed by atoms with Gasteiger partial charge in [-0.2, -0.15) is 0 Å². The smallest absolute Gasteiger partial charge is 0.158 e. The van der Waals surface area contributed by atoms with Crippen LogP contribution in [0.4, 0.5) is 0 Å².